The highest BCUT2D eigenvalue weighted by Gasteiger charge is 2.40. The molecule has 1 aromatic heterocycles. The highest BCUT2D eigenvalue weighted by molar-refractivity contribution is 6.01. The molecule has 1 heterocycles. The molecule has 0 spiro atoms. The van der Waals surface area contributed by atoms with Gasteiger partial charge in [-0.3, -0.25) is 9.48 Å². The van der Waals surface area contributed by atoms with Gasteiger partial charge in [0, 0.05) is 12.7 Å². The van der Waals surface area contributed by atoms with Gasteiger partial charge in [0.05, 0.1) is 0 Å². The first-order valence-corrected chi connectivity index (χ1v) is 5.46. The van der Waals surface area contributed by atoms with Crippen LogP contribution in [0.4, 0.5) is 0 Å². The maximum absolute atomic E-state index is 12.1. The van der Waals surface area contributed by atoms with E-state index in [1.807, 2.05) is 6.92 Å². The Labute approximate surface area is 88.9 Å². The Morgan fingerprint density at radius 1 is 1.60 bits per heavy atom. The molecule has 2 rings (SSSR count). The monoisotopic (exact) mass is 208 g/mol. The smallest absolute Gasteiger partial charge is 0.212 e. The Bertz CT molecular complexity index is 364. The second kappa shape index (κ2) is 3.77. The van der Waals surface area contributed by atoms with Crippen LogP contribution in [0.3, 0.4) is 0 Å². The van der Waals surface area contributed by atoms with Gasteiger partial charge in [0.25, 0.3) is 0 Å². The number of aryl methyl sites for hydroxylation is 1. The molecule has 4 heteroatoms. The minimum atomic E-state index is -1.13. The summed E-state index contributed by atoms with van der Waals surface area (Å²) in [6, 6.07) is 1.68. The summed E-state index contributed by atoms with van der Waals surface area (Å²) < 4.78 is 1.64. The van der Waals surface area contributed by atoms with Crippen LogP contribution in [0.5, 0.6) is 0 Å². The number of ketones is 1. The van der Waals surface area contributed by atoms with Gasteiger partial charge in [-0.05, 0) is 38.7 Å². The van der Waals surface area contributed by atoms with Crippen molar-refractivity contribution in [1.82, 2.24) is 9.78 Å². The molecule has 0 atom stereocenters. The van der Waals surface area contributed by atoms with Crippen LogP contribution in [0.1, 0.15) is 43.1 Å². The molecule has 0 unspecified atom stereocenters. The van der Waals surface area contributed by atoms with E-state index in [0.29, 0.717) is 25.1 Å². The van der Waals surface area contributed by atoms with E-state index in [2.05, 4.69) is 5.10 Å². The van der Waals surface area contributed by atoms with Crippen LogP contribution in [0, 0.1) is 0 Å². The molecule has 1 saturated carbocycles. The number of rotatable bonds is 3. The van der Waals surface area contributed by atoms with E-state index in [-0.39, 0.29) is 5.78 Å². The molecule has 1 N–H and O–H groups in total. The van der Waals surface area contributed by atoms with E-state index in [4.69, 9.17) is 0 Å². The quantitative estimate of drug-likeness (QED) is 0.764. The van der Waals surface area contributed by atoms with Crippen molar-refractivity contribution < 1.29 is 9.90 Å². The number of Topliss-reactive ketones (excluding diaryl/α,β-unsaturated/α-hetero) is 1. The third kappa shape index (κ3) is 1.69. The van der Waals surface area contributed by atoms with Crippen molar-refractivity contribution in [2.24, 2.45) is 0 Å². The number of hydrogen-bond acceptors (Lipinski definition) is 3. The van der Waals surface area contributed by atoms with E-state index >= 15 is 0 Å². The fourth-order valence-electron chi connectivity index (χ4n) is 2.20. The molecule has 0 bridgehead atoms. The molecule has 1 aliphatic carbocycles. The van der Waals surface area contributed by atoms with Gasteiger partial charge in [-0.1, -0.05) is 0 Å². The molecule has 1 aliphatic rings. The summed E-state index contributed by atoms with van der Waals surface area (Å²) in [6.07, 6.45) is 4.64. The number of carbonyl (C=O) groups is 1. The van der Waals surface area contributed by atoms with Crippen LogP contribution in [-0.2, 0) is 6.54 Å². The number of hydrogen-bond donors (Lipinski definition) is 1. The summed E-state index contributed by atoms with van der Waals surface area (Å²) in [4.78, 5) is 12.1. The first kappa shape index (κ1) is 10.4. The predicted octanol–water partition coefficient (Wildman–Crippen LogP) is 1.39. The van der Waals surface area contributed by atoms with Crippen LogP contribution in [0.15, 0.2) is 12.3 Å². The van der Waals surface area contributed by atoms with Gasteiger partial charge in [0.15, 0.2) is 0 Å². The molecule has 15 heavy (non-hydrogen) atoms. The van der Waals surface area contributed by atoms with Gasteiger partial charge in [0.2, 0.25) is 5.78 Å². The minimum Gasteiger partial charge on any atom is -0.382 e. The Hall–Kier alpha value is -1.16. The summed E-state index contributed by atoms with van der Waals surface area (Å²) in [5.41, 5.74) is -0.602. The maximum Gasteiger partial charge on any atom is 0.212 e. The van der Waals surface area contributed by atoms with Crippen LogP contribution in [0.2, 0.25) is 0 Å². The van der Waals surface area contributed by atoms with Gasteiger partial charge < -0.3 is 5.11 Å². The summed E-state index contributed by atoms with van der Waals surface area (Å²) in [6.45, 7) is 2.59. The highest BCUT2D eigenvalue weighted by Crippen LogP contribution is 2.32. The Balaban J connectivity index is 2.27. The van der Waals surface area contributed by atoms with Gasteiger partial charge in [-0.2, -0.15) is 5.10 Å². The average molecular weight is 208 g/mol. The van der Waals surface area contributed by atoms with Crippen LogP contribution in [-0.4, -0.2) is 26.3 Å². The van der Waals surface area contributed by atoms with Crippen LogP contribution in [0.25, 0.3) is 0 Å². The third-order valence-electron chi connectivity index (χ3n) is 3.10. The fourth-order valence-corrected chi connectivity index (χ4v) is 2.20. The van der Waals surface area contributed by atoms with E-state index in [1.54, 1.807) is 16.9 Å². The van der Waals surface area contributed by atoms with E-state index in [0.717, 1.165) is 12.8 Å². The maximum atomic E-state index is 12.1. The van der Waals surface area contributed by atoms with Crippen molar-refractivity contribution in [3.8, 4) is 0 Å². The Morgan fingerprint density at radius 3 is 2.87 bits per heavy atom. The summed E-state index contributed by atoms with van der Waals surface area (Å²) in [7, 11) is 0. The van der Waals surface area contributed by atoms with Gasteiger partial charge in [0.1, 0.15) is 11.3 Å². The highest BCUT2D eigenvalue weighted by atomic mass is 16.3. The molecule has 4 nitrogen and oxygen atoms in total. The van der Waals surface area contributed by atoms with E-state index < -0.39 is 5.60 Å². The lowest BCUT2D eigenvalue weighted by Gasteiger charge is -2.20. The predicted molar refractivity (Wildman–Crippen MR) is 55.6 cm³/mol. The number of aliphatic hydroxyl groups is 1. The molecule has 82 valence electrons. The molecule has 1 fully saturated rings. The van der Waals surface area contributed by atoms with Gasteiger partial charge >= 0.3 is 0 Å². The van der Waals surface area contributed by atoms with Crippen LogP contribution >= 0.6 is 0 Å². The van der Waals surface area contributed by atoms with Gasteiger partial charge in [-0.25, -0.2) is 0 Å². The molecular formula is C11H16N2O2. The minimum absolute atomic E-state index is 0.167. The first-order chi connectivity index (χ1) is 7.17. The molecule has 0 aromatic carbocycles. The van der Waals surface area contributed by atoms with Crippen LogP contribution < -0.4 is 0 Å². The Kier molecular flexibility index (Phi) is 2.61. The summed E-state index contributed by atoms with van der Waals surface area (Å²) >= 11 is 0. The lowest BCUT2D eigenvalue weighted by molar-refractivity contribution is 0.0342. The molecule has 0 aliphatic heterocycles. The number of carbonyl (C=O) groups excluding carboxylic acids is 1. The van der Waals surface area contributed by atoms with Crippen molar-refractivity contribution in [3.63, 3.8) is 0 Å². The largest absolute Gasteiger partial charge is 0.382 e. The second-order valence-corrected chi connectivity index (χ2v) is 4.10. The second-order valence-electron chi connectivity index (χ2n) is 4.10. The summed E-state index contributed by atoms with van der Waals surface area (Å²) in [5.74, 6) is -0.167. The SMILES string of the molecule is CCn1nccc1C(=O)C1(O)CCCC1. The lowest BCUT2D eigenvalue weighted by atomic mass is 9.94. The Morgan fingerprint density at radius 2 is 2.27 bits per heavy atom. The van der Waals surface area contributed by atoms with Crippen molar-refractivity contribution in [1.29, 1.82) is 0 Å². The molecule has 0 saturated heterocycles. The zero-order valence-corrected chi connectivity index (χ0v) is 8.94. The molecular weight excluding hydrogens is 192 g/mol. The van der Waals surface area contributed by atoms with Crippen molar-refractivity contribution in [2.45, 2.75) is 44.8 Å². The summed E-state index contributed by atoms with van der Waals surface area (Å²) in [5, 5.41) is 14.2. The van der Waals surface area contributed by atoms with E-state index in [1.165, 1.54) is 0 Å². The van der Waals surface area contributed by atoms with E-state index in [9.17, 15) is 9.90 Å². The topological polar surface area (TPSA) is 55.1 Å². The third-order valence-corrected chi connectivity index (χ3v) is 3.10. The fraction of sp³-hybridized carbons (Fsp3) is 0.636. The number of aromatic nitrogens is 2. The molecule has 0 amide bonds. The van der Waals surface area contributed by atoms with Crippen molar-refractivity contribution >= 4 is 5.78 Å². The molecule has 0 radical (unpaired) electrons. The lowest BCUT2D eigenvalue weighted by Crippen LogP contribution is -2.36. The van der Waals surface area contributed by atoms with Crippen molar-refractivity contribution in [2.75, 3.05) is 0 Å². The zero-order valence-electron chi connectivity index (χ0n) is 8.94. The normalized spacial score (nSPS) is 19.3. The standard InChI is InChI=1S/C11H16N2O2/c1-2-13-9(5-8-12-13)10(14)11(15)6-3-4-7-11/h5,8,15H,2-4,6-7H2,1H3. The zero-order chi connectivity index (χ0) is 10.9. The van der Waals surface area contributed by atoms with Gasteiger partial charge in [-0.15, -0.1) is 0 Å². The number of nitrogens with zero attached hydrogens (tertiary/aromatic N) is 2. The average Bonchev–Trinajstić information content (AvgIpc) is 2.85. The first-order valence-electron chi connectivity index (χ1n) is 5.46. The van der Waals surface area contributed by atoms with Crippen molar-refractivity contribution in [3.05, 3.63) is 18.0 Å². The molecule has 1 aromatic rings.